The van der Waals surface area contributed by atoms with Crippen molar-refractivity contribution in [2.24, 2.45) is 5.92 Å². The number of nitrogens with one attached hydrogen (secondary N) is 1. The average molecular weight is 691 g/mol. The van der Waals surface area contributed by atoms with Gasteiger partial charge in [-0.1, -0.05) is 59.1 Å². The molecule has 2 aromatic heterocycles. The first-order valence-corrected chi connectivity index (χ1v) is 18.1. The molecule has 45 heavy (non-hydrogen) atoms. The molecule has 0 aliphatic carbocycles. The first-order valence-electron chi connectivity index (χ1n) is 15.4. The monoisotopic (exact) mass is 689 g/mol. The molecule has 1 N–H and O–H groups in total. The zero-order valence-electron chi connectivity index (χ0n) is 25.5. The third kappa shape index (κ3) is 7.12. The number of anilines is 2. The van der Waals surface area contributed by atoms with Crippen molar-refractivity contribution in [2.45, 2.75) is 26.3 Å². The van der Waals surface area contributed by atoms with Crippen molar-refractivity contribution < 1.29 is 8.42 Å². The van der Waals surface area contributed by atoms with Gasteiger partial charge in [-0.25, -0.2) is 22.4 Å². The zero-order chi connectivity index (χ0) is 31.7. The Morgan fingerprint density at radius 1 is 0.933 bits per heavy atom. The minimum atomic E-state index is -3.54. The number of piperazine rings is 1. The predicted molar refractivity (Wildman–Crippen MR) is 185 cm³/mol. The lowest BCUT2D eigenvalue weighted by Gasteiger charge is -2.38. The second kappa shape index (κ2) is 13.7. The molecule has 4 aromatic rings. The number of nitrogens with zero attached hydrogens (tertiary/aromatic N) is 6. The number of rotatable bonds is 9. The first kappa shape index (κ1) is 32.5. The first-order chi connectivity index (χ1) is 21.6. The van der Waals surface area contributed by atoms with Gasteiger partial charge in [-0.15, -0.1) is 0 Å². The van der Waals surface area contributed by atoms with Gasteiger partial charge in [0.25, 0.3) is 0 Å². The Balaban J connectivity index is 1.15. The van der Waals surface area contributed by atoms with Crippen LogP contribution in [-0.2, 0) is 16.6 Å². The summed E-state index contributed by atoms with van der Waals surface area (Å²) < 4.78 is 26.9. The van der Waals surface area contributed by atoms with E-state index >= 15 is 0 Å². The van der Waals surface area contributed by atoms with Crippen LogP contribution >= 0.6 is 34.8 Å². The van der Waals surface area contributed by atoms with Crippen molar-refractivity contribution in [3.8, 4) is 11.3 Å². The van der Waals surface area contributed by atoms with Crippen LogP contribution in [0.1, 0.15) is 25.3 Å². The van der Waals surface area contributed by atoms with E-state index in [1.807, 2.05) is 24.3 Å². The molecule has 0 unspecified atom stereocenters. The van der Waals surface area contributed by atoms with Crippen molar-refractivity contribution in [3.05, 3.63) is 69.4 Å². The van der Waals surface area contributed by atoms with E-state index in [9.17, 15) is 8.42 Å². The molecule has 0 spiro atoms. The van der Waals surface area contributed by atoms with Gasteiger partial charge < -0.3 is 15.1 Å². The second-order valence-corrected chi connectivity index (χ2v) is 15.3. The maximum atomic E-state index is 12.8. The van der Waals surface area contributed by atoms with Gasteiger partial charge >= 0.3 is 0 Å². The number of aromatic nitrogens is 3. The molecule has 0 radical (unpaired) electrons. The topological polar surface area (TPSA) is 86.6 Å². The highest BCUT2D eigenvalue weighted by Gasteiger charge is 2.25. The molecular weight excluding hydrogens is 653 g/mol. The Labute approximate surface area is 280 Å². The molecule has 2 aromatic carbocycles. The van der Waals surface area contributed by atoms with Crippen LogP contribution in [0.2, 0.25) is 15.1 Å². The van der Waals surface area contributed by atoms with Crippen LogP contribution in [-0.4, -0.2) is 95.7 Å². The highest BCUT2D eigenvalue weighted by molar-refractivity contribution is 7.90. The lowest BCUT2D eigenvalue weighted by Crippen LogP contribution is -2.47. The summed E-state index contributed by atoms with van der Waals surface area (Å²) in [6, 6.07) is 11.1. The number of hydrogen-bond donors (Lipinski definition) is 1. The van der Waals surface area contributed by atoms with Gasteiger partial charge in [0, 0.05) is 56.4 Å². The maximum Gasteiger partial charge on any atom is 0.238 e. The molecule has 4 heterocycles. The van der Waals surface area contributed by atoms with Gasteiger partial charge in [0.2, 0.25) is 16.0 Å². The molecule has 13 heteroatoms. The van der Waals surface area contributed by atoms with Gasteiger partial charge in [0.05, 0.1) is 43.9 Å². The number of benzene rings is 2. The van der Waals surface area contributed by atoms with Crippen molar-refractivity contribution in [1.82, 2.24) is 28.6 Å². The molecular formula is C32H38Cl3N7O2S. The van der Waals surface area contributed by atoms with E-state index in [0.29, 0.717) is 37.5 Å². The molecule has 240 valence electrons. The number of piperidine rings is 1. The van der Waals surface area contributed by atoms with Crippen molar-refractivity contribution in [3.63, 3.8) is 0 Å². The largest absolute Gasteiger partial charge is 0.323 e. The van der Waals surface area contributed by atoms with Gasteiger partial charge in [-0.3, -0.25) is 4.90 Å². The van der Waals surface area contributed by atoms with Gasteiger partial charge in [-0.05, 0) is 63.5 Å². The lowest BCUT2D eigenvalue weighted by atomic mass is 9.95. The Bertz CT molecular complexity index is 1780. The Hall–Kier alpha value is -2.44. The van der Waals surface area contributed by atoms with Crippen molar-refractivity contribution in [1.29, 1.82) is 0 Å². The van der Waals surface area contributed by atoms with Crippen molar-refractivity contribution >= 4 is 67.4 Å². The molecule has 9 nitrogen and oxygen atoms in total. The third-order valence-electron chi connectivity index (χ3n) is 8.96. The average Bonchev–Trinajstić information content (AvgIpc) is 3.44. The number of hydrogen-bond acceptors (Lipinski definition) is 8. The van der Waals surface area contributed by atoms with Gasteiger partial charge in [-0.2, -0.15) is 0 Å². The second-order valence-electron chi connectivity index (χ2n) is 12.0. The minimum absolute atomic E-state index is 0.0418. The lowest BCUT2D eigenvalue weighted by molar-refractivity contribution is 0.104. The number of halogens is 3. The summed E-state index contributed by atoms with van der Waals surface area (Å²) in [7, 11) is -1.35. The van der Waals surface area contributed by atoms with Crippen LogP contribution in [0.3, 0.4) is 0 Å². The number of fused-ring (bicyclic) bond motifs is 1. The molecule has 0 atom stereocenters. The summed E-state index contributed by atoms with van der Waals surface area (Å²) in [6.45, 7) is 10.3. The SMILES string of the molecule is CCS(=O)(=O)n1cc(-c2nc(Nc3ccc(CN4CCC(CN5CCN(C)CC5)CC4)c(Cl)c3Cl)ncc2Cl)c2ccccc21. The third-order valence-corrected chi connectivity index (χ3v) is 11.8. The van der Waals surface area contributed by atoms with Crippen molar-refractivity contribution in [2.75, 3.05) is 63.9 Å². The Kier molecular flexibility index (Phi) is 9.92. The molecule has 2 aliphatic rings. The molecule has 2 fully saturated rings. The molecule has 6 rings (SSSR count). The summed E-state index contributed by atoms with van der Waals surface area (Å²) in [4.78, 5) is 16.5. The number of likely N-dealkylation sites (N-methyl/N-ethyl adjacent to an activating group) is 1. The zero-order valence-corrected chi connectivity index (χ0v) is 28.6. The summed E-state index contributed by atoms with van der Waals surface area (Å²) in [5, 5.41) is 5.09. The van der Waals surface area contributed by atoms with Crippen LogP contribution in [0.25, 0.3) is 22.2 Å². The van der Waals surface area contributed by atoms with Crippen LogP contribution < -0.4 is 5.32 Å². The van der Waals surface area contributed by atoms with Gasteiger partial charge in [0.1, 0.15) is 0 Å². The molecule has 0 bridgehead atoms. The van der Waals surface area contributed by atoms with Gasteiger partial charge in [0.15, 0.2) is 0 Å². The Morgan fingerprint density at radius 3 is 2.40 bits per heavy atom. The molecule has 0 saturated carbocycles. The quantitative estimate of drug-likeness (QED) is 0.214. The predicted octanol–water partition coefficient (Wildman–Crippen LogP) is 6.46. The number of likely N-dealkylation sites (tertiary alicyclic amines) is 1. The fourth-order valence-corrected chi connectivity index (χ4v) is 7.87. The smallest absolute Gasteiger partial charge is 0.238 e. The highest BCUT2D eigenvalue weighted by atomic mass is 35.5. The van der Waals surface area contributed by atoms with E-state index in [1.54, 1.807) is 25.3 Å². The number of para-hydroxylation sites is 1. The highest BCUT2D eigenvalue weighted by Crippen LogP contribution is 2.38. The maximum absolute atomic E-state index is 12.8. The molecule has 2 saturated heterocycles. The van der Waals surface area contributed by atoms with E-state index in [4.69, 9.17) is 34.8 Å². The van der Waals surface area contributed by atoms with Crippen LogP contribution in [0.5, 0.6) is 0 Å². The molecule has 2 aliphatic heterocycles. The molecule has 0 amide bonds. The standard InChI is InChI=1S/C32H38Cl3N7O2S/c1-3-45(43,44)42-21-25(24-6-4-5-7-28(24)42)31-26(33)18-36-32(38-31)37-27-9-8-23(29(34)30(27)35)20-40-12-10-22(11-13-40)19-41-16-14-39(2)15-17-41/h4-9,18,21-22H,3,10-17,19-20H2,1-2H3,(H,36,37,38). The summed E-state index contributed by atoms with van der Waals surface area (Å²) in [5.41, 5.74) is 3.10. The van der Waals surface area contributed by atoms with E-state index in [0.717, 1.165) is 49.6 Å². The van der Waals surface area contributed by atoms with Crippen LogP contribution in [0.15, 0.2) is 48.8 Å². The van der Waals surface area contributed by atoms with E-state index < -0.39 is 10.0 Å². The van der Waals surface area contributed by atoms with E-state index in [-0.39, 0.29) is 11.7 Å². The summed E-state index contributed by atoms with van der Waals surface area (Å²) >= 11 is 20.1. The summed E-state index contributed by atoms with van der Waals surface area (Å²) in [6.07, 6.45) is 5.44. The fraction of sp³-hybridized carbons (Fsp3) is 0.438. The van der Waals surface area contributed by atoms with E-state index in [1.165, 1.54) is 42.6 Å². The summed E-state index contributed by atoms with van der Waals surface area (Å²) in [5.74, 6) is 0.963. The minimum Gasteiger partial charge on any atom is -0.323 e. The van der Waals surface area contributed by atoms with Crippen LogP contribution in [0.4, 0.5) is 11.6 Å². The fourth-order valence-electron chi connectivity index (χ4n) is 6.22. The van der Waals surface area contributed by atoms with Crippen LogP contribution in [0, 0.1) is 5.92 Å². The Morgan fingerprint density at radius 2 is 1.67 bits per heavy atom. The normalized spacial score (nSPS) is 17.7. The van der Waals surface area contributed by atoms with E-state index in [2.05, 4.69) is 37.0 Å².